The number of fused-ring (bicyclic) bond motifs is 1. The van der Waals surface area contributed by atoms with E-state index in [2.05, 4.69) is 10.3 Å². The van der Waals surface area contributed by atoms with Crippen molar-refractivity contribution in [1.29, 1.82) is 0 Å². The van der Waals surface area contributed by atoms with Crippen LogP contribution in [0.1, 0.15) is 0 Å². The molecule has 136 valence electrons. The number of carbonyl (C=O) groups excluding carboxylic acids is 1. The van der Waals surface area contributed by atoms with Gasteiger partial charge in [-0.1, -0.05) is 12.1 Å². The van der Waals surface area contributed by atoms with Crippen molar-refractivity contribution in [3.05, 3.63) is 64.0 Å². The number of non-ortho nitro benzene ring substituents is 1. The lowest BCUT2D eigenvalue weighted by Crippen LogP contribution is -2.40. The molecule has 1 amide bonds. The molecular formula is C18H13N3O5S. The number of aromatic nitrogens is 1. The van der Waals surface area contributed by atoms with Gasteiger partial charge in [-0.05, 0) is 24.3 Å². The Morgan fingerprint density at radius 3 is 2.67 bits per heavy atom. The Hall–Kier alpha value is -3.46. The third-order valence-corrected chi connectivity index (χ3v) is 4.67. The van der Waals surface area contributed by atoms with Crippen LogP contribution in [0.3, 0.4) is 0 Å². The summed E-state index contributed by atoms with van der Waals surface area (Å²) in [5, 5.41) is 15.6. The molecule has 4 rings (SSSR count). The van der Waals surface area contributed by atoms with Crippen molar-refractivity contribution in [3.63, 3.8) is 0 Å². The summed E-state index contributed by atoms with van der Waals surface area (Å²) < 4.78 is 11.2. The molecule has 3 aromatic rings. The van der Waals surface area contributed by atoms with Gasteiger partial charge in [0.1, 0.15) is 6.61 Å². The highest BCUT2D eigenvalue weighted by atomic mass is 32.1. The van der Waals surface area contributed by atoms with E-state index >= 15 is 0 Å². The van der Waals surface area contributed by atoms with Crippen molar-refractivity contribution in [1.82, 2.24) is 4.98 Å². The third kappa shape index (κ3) is 3.58. The maximum absolute atomic E-state index is 12.4. The fourth-order valence-corrected chi connectivity index (χ4v) is 3.27. The van der Waals surface area contributed by atoms with Gasteiger partial charge in [0.25, 0.3) is 11.6 Å². The minimum absolute atomic E-state index is 0.0113. The van der Waals surface area contributed by atoms with Gasteiger partial charge < -0.3 is 9.47 Å². The van der Waals surface area contributed by atoms with Crippen molar-refractivity contribution < 1.29 is 19.2 Å². The molecule has 1 N–H and O–H groups in total. The SMILES string of the molecule is O=C(Nc1nc(-c2ccc([N+](=O)[O-])cc2)cs1)[C@@H]1COc2ccccc2O1. The van der Waals surface area contributed by atoms with Crippen LogP contribution in [0.15, 0.2) is 53.9 Å². The number of anilines is 1. The zero-order valence-corrected chi connectivity index (χ0v) is 14.6. The molecule has 0 unspecified atom stereocenters. The summed E-state index contributed by atoms with van der Waals surface area (Å²) in [4.78, 5) is 27.0. The molecule has 1 aliphatic heterocycles. The quantitative estimate of drug-likeness (QED) is 0.546. The van der Waals surface area contributed by atoms with Crippen LogP contribution in [-0.2, 0) is 4.79 Å². The van der Waals surface area contributed by atoms with E-state index in [1.54, 1.807) is 35.7 Å². The van der Waals surface area contributed by atoms with E-state index < -0.39 is 11.0 Å². The Morgan fingerprint density at radius 1 is 1.19 bits per heavy atom. The van der Waals surface area contributed by atoms with Gasteiger partial charge in [0.15, 0.2) is 16.6 Å². The van der Waals surface area contributed by atoms with Crippen molar-refractivity contribution in [2.75, 3.05) is 11.9 Å². The highest BCUT2D eigenvalue weighted by Gasteiger charge is 2.27. The van der Waals surface area contributed by atoms with Gasteiger partial charge in [-0.25, -0.2) is 4.98 Å². The standard InChI is InChI=1S/C18H13N3O5S/c22-17(16-9-25-14-3-1-2-4-15(14)26-16)20-18-19-13(10-27-18)11-5-7-12(8-6-11)21(23)24/h1-8,10,16H,9H2,(H,19,20,22)/t16-/m0/s1. The summed E-state index contributed by atoms with van der Waals surface area (Å²) >= 11 is 1.26. The molecular weight excluding hydrogens is 370 g/mol. The van der Waals surface area contributed by atoms with E-state index in [9.17, 15) is 14.9 Å². The minimum atomic E-state index is -0.772. The topological polar surface area (TPSA) is 104 Å². The van der Waals surface area contributed by atoms with Gasteiger partial charge in [0.05, 0.1) is 10.6 Å². The Bertz CT molecular complexity index is 1000. The summed E-state index contributed by atoms with van der Waals surface area (Å²) in [6, 6.07) is 13.2. The second-order valence-corrected chi connectivity index (χ2v) is 6.55. The summed E-state index contributed by atoms with van der Waals surface area (Å²) in [5.41, 5.74) is 1.36. The van der Waals surface area contributed by atoms with E-state index in [4.69, 9.17) is 9.47 Å². The molecule has 0 saturated heterocycles. The summed E-state index contributed by atoms with van der Waals surface area (Å²) in [7, 11) is 0. The number of nitrogens with one attached hydrogen (secondary N) is 1. The maximum atomic E-state index is 12.4. The Balaban J connectivity index is 1.43. The predicted molar refractivity (Wildman–Crippen MR) is 99.2 cm³/mol. The molecule has 27 heavy (non-hydrogen) atoms. The van der Waals surface area contributed by atoms with Crippen molar-refractivity contribution >= 4 is 28.1 Å². The Labute approximate surface area is 157 Å². The van der Waals surface area contributed by atoms with Crippen molar-refractivity contribution in [3.8, 4) is 22.8 Å². The lowest BCUT2D eigenvalue weighted by Gasteiger charge is -2.25. The zero-order valence-electron chi connectivity index (χ0n) is 13.8. The fourth-order valence-electron chi connectivity index (χ4n) is 2.55. The van der Waals surface area contributed by atoms with E-state index in [0.29, 0.717) is 22.3 Å². The fraction of sp³-hybridized carbons (Fsp3) is 0.111. The van der Waals surface area contributed by atoms with Crippen LogP contribution >= 0.6 is 11.3 Å². The van der Waals surface area contributed by atoms with Gasteiger partial charge in [-0.3, -0.25) is 20.2 Å². The van der Waals surface area contributed by atoms with E-state index in [-0.39, 0.29) is 18.2 Å². The smallest absolute Gasteiger partial charge is 0.270 e. The van der Waals surface area contributed by atoms with Crippen molar-refractivity contribution in [2.45, 2.75) is 6.10 Å². The monoisotopic (exact) mass is 383 g/mol. The maximum Gasteiger partial charge on any atom is 0.270 e. The van der Waals surface area contributed by atoms with Gasteiger partial charge in [0, 0.05) is 23.1 Å². The van der Waals surface area contributed by atoms with Gasteiger partial charge in [0.2, 0.25) is 6.10 Å². The highest BCUT2D eigenvalue weighted by Crippen LogP contribution is 2.31. The number of thiazole rings is 1. The van der Waals surface area contributed by atoms with Crippen LogP contribution in [0, 0.1) is 10.1 Å². The summed E-state index contributed by atoms with van der Waals surface area (Å²) in [5.74, 6) is 0.778. The lowest BCUT2D eigenvalue weighted by molar-refractivity contribution is -0.384. The number of nitro groups is 1. The summed E-state index contributed by atoms with van der Waals surface area (Å²) in [6.07, 6.45) is -0.772. The molecule has 0 saturated carbocycles. The highest BCUT2D eigenvalue weighted by molar-refractivity contribution is 7.14. The molecule has 0 bridgehead atoms. The zero-order chi connectivity index (χ0) is 18.8. The number of ether oxygens (including phenoxy) is 2. The molecule has 0 fully saturated rings. The average Bonchev–Trinajstić information content (AvgIpc) is 3.16. The average molecular weight is 383 g/mol. The van der Waals surface area contributed by atoms with Crippen LogP contribution in [0.5, 0.6) is 11.5 Å². The van der Waals surface area contributed by atoms with E-state index in [1.165, 1.54) is 23.5 Å². The van der Waals surface area contributed by atoms with Crippen LogP contribution in [0.25, 0.3) is 11.3 Å². The molecule has 1 aromatic heterocycles. The second-order valence-electron chi connectivity index (χ2n) is 5.70. The number of amides is 1. The second kappa shape index (κ2) is 7.04. The number of hydrogen-bond donors (Lipinski definition) is 1. The first kappa shape index (κ1) is 17.0. The number of nitrogens with zero attached hydrogens (tertiary/aromatic N) is 2. The number of para-hydroxylation sites is 2. The summed E-state index contributed by atoms with van der Waals surface area (Å²) in [6.45, 7) is 0.115. The first-order valence-corrected chi connectivity index (χ1v) is 8.88. The molecule has 1 aliphatic rings. The van der Waals surface area contributed by atoms with Gasteiger partial charge >= 0.3 is 0 Å². The Kier molecular flexibility index (Phi) is 4.43. The number of benzene rings is 2. The molecule has 1 atom stereocenters. The number of rotatable bonds is 4. The molecule has 2 aromatic carbocycles. The molecule has 0 spiro atoms. The van der Waals surface area contributed by atoms with Crippen LogP contribution in [0.4, 0.5) is 10.8 Å². The normalized spacial score (nSPS) is 15.2. The number of hydrogen-bond acceptors (Lipinski definition) is 7. The van der Waals surface area contributed by atoms with Crippen LogP contribution in [0.2, 0.25) is 0 Å². The lowest BCUT2D eigenvalue weighted by atomic mass is 10.1. The van der Waals surface area contributed by atoms with Crippen molar-refractivity contribution in [2.24, 2.45) is 0 Å². The minimum Gasteiger partial charge on any atom is -0.485 e. The third-order valence-electron chi connectivity index (χ3n) is 3.91. The first-order valence-electron chi connectivity index (χ1n) is 8.00. The number of nitro benzene ring substituents is 1. The molecule has 0 radical (unpaired) electrons. The van der Waals surface area contributed by atoms with E-state index in [0.717, 1.165) is 5.56 Å². The first-order chi connectivity index (χ1) is 13.1. The largest absolute Gasteiger partial charge is 0.485 e. The molecule has 9 heteroatoms. The van der Waals surface area contributed by atoms with Gasteiger partial charge in [-0.2, -0.15) is 0 Å². The molecule has 2 heterocycles. The molecule has 0 aliphatic carbocycles. The van der Waals surface area contributed by atoms with Crippen LogP contribution in [-0.4, -0.2) is 28.5 Å². The van der Waals surface area contributed by atoms with E-state index in [1.807, 2.05) is 6.07 Å². The molecule has 8 nitrogen and oxygen atoms in total. The Morgan fingerprint density at radius 2 is 1.93 bits per heavy atom. The predicted octanol–water partition coefficient (Wildman–Crippen LogP) is 3.50. The van der Waals surface area contributed by atoms with Crippen LogP contribution < -0.4 is 14.8 Å². The number of carbonyl (C=O) groups is 1. The van der Waals surface area contributed by atoms with Gasteiger partial charge in [-0.15, -0.1) is 11.3 Å².